The second kappa shape index (κ2) is 11.5. The van der Waals surface area contributed by atoms with Crippen LogP contribution in [0.1, 0.15) is 91.1 Å². The molecule has 10 heteroatoms. The minimum Gasteiger partial charge on any atom is -0.444 e. The molecule has 1 aliphatic heterocycles. The van der Waals surface area contributed by atoms with E-state index in [0.29, 0.717) is 18.4 Å². The first kappa shape index (κ1) is 33.9. The van der Waals surface area contributed by atoms with Gasteiger partial charge in [0.1, 0.15) is 29.4 Å². The molecule has 0 aromatic heterocycles. The zero-order valence-corrected chi connectivity index (χ0v) is 24.9. The number of carbonyl (C=O) groups is 1. The highest BCUT2D eigenvalue weighted by Gasteiger charge is 2.63. The number of likely N-dealkylation sites (tertiary alicyclic amines) is 1. The predicted molar refractivity (Wildman–Crippen MR) is 150 cm³/mol. The van der Waals surface area contributed by atoms with Crippen LogP contribution in [0.5, 0.6) is 0 Å². The lowest BCUT2D eigenvalue weighted by Crippen LogP contribution is -2.75. The summed E-state index contributed by atoms with van der Waals surface area (Å²) in [6.45, 7) is 12.8. The third-order valence-corrected chi connectivity index (χ3v) is 7.11. The summed E-state index contributed by atoms with van der Waals surface area (Å²) >= 11 is 0. The molecule has 1 aliphatic carbocycles. The van der Waals surface area contributed by atoms with Gasteiger partial charge in [-0.05, 0) is 88.3 Å². The molecule has 1 heterocycles. The van der Waals surface area contributed by atoms with Gasteiger partial charge in [0.15, 0.2) is 5.72 Å². The highest BCUT2D eigenvalue weighted by atomic mass is 35.5. The van der Waals surface area contributed by atoms with Crippen LogP contribution in [0.15, 0.2) is 48.5 Å². The van der Waals surface area contributed by atoms with Crippen LogP contribution in [0.4, 0.5) is 13.6 Å². The van der Waals surface area contributed by atoms with Crippen molar-refractivity contribution in [3.63, 3.8) is 0 Å². The molecule has 224 valence electrons. The van der Waals surface area contributed by atoms with Crippen molar-refractivity contribution in [2.45, 2.75) is 102 Å². The van der Waals surface area contributed by atoms with Gasteiger partial charge < -0.3 is 25.2 Å². The Morgan fingerprint density at radius 1 is 0.875 bits per heavy atom. The lowest BCUT2D eigenvalue weighted by atomic mass is 9.58. The highest BCUT2D eigenvalue weighted by Crippen LogP contribution is 2.53. The van der Waals surface area contributed by atoms with Crippen LogP contribution in [-0.4, -0.2) is 53.9 Å². The average molecular weight is 586 g/mol. The molecule has 2 fully saturated rings. The van der Waals surface area contributed by atoms with Gasteiger partial charge in [-0.2, -0.15) is 0 Å². The number of ether oxygens (including phenoxy) is 1. The van der Waals surface area contributed by atoms with E-state index in [0.717, 1.165) is 11.0 Å². The Labute approximate surface area is 241 Å². The van der Waals surface area contributed by atoms with Crippen molar-refractivity contribution in [2.24, 2.45) is 5.41 Å². The van der Waals surface area contributed by atoms with E-state index in [1.807, 2.05) is 13.8 Å². The topological polar surface area (TPSA) is 110 Å². The molecule has 7 nitrogen and oxygen atoms in total. The second-order valence-corrected chi connectivity index (χ2v) is 13.2. The van der Waals surface area contributed by atoms with Gasteiger partial charge in [0, 0.05) is 12.0 Å². The molecular formula is C30H42ClF2NO6. The van der Waals surface area contributed by atoms with Gasteiger partial charge in [0.05, 0.1) is 5.60 Å². The number of hydrogen-bond acceptors (Lipinski definition) is 6. The summed E-state index contributed by atoms with van der Waals surface area (Å²) in [5.41, 5.74) is -3.63. The smallest absolute Gasteiger partial charge is 0.413 e. The van der Waals surface area contributed by atoms with Crippen molar-refractivity contribution in [1.82, 2.24) is 4.90 Å². The van der Waals surface area contributed by atoms with Gasteiger partial charge in [-0.25, -0.2) is 13.6 Å². The molecule has 0 radical (unpaired) electrons. The molecule has 1 saturated heterocycles. The number of halogens is 3. The van der Waals surface area contributed by atoms with E-state index >= 15 is 0 Å². The quantitative estimate of drug-likeness (QED) is 0.361. The summed E-state index contributed by atoms with van der Waals surface area (Å²) < 4.78 is 31.7. The van der Waals surface area contributed by atoms with Crippen LogP contribution in [0.25, 0.3) is 0 Å². The van der Waals surface area contributed by atoms with Crippen LogP contribution in [0.2, 0.25) is 0 Å². The summed E-state index contributed by atoms with van der Waals surface area (Å²) in [6.07, 6.45) is -1.92. The Bertz CT molecular complexity index is 1190. The molecule has 0 spiro atoms. The number of hydrogen-bond donors (Lipinski definition) is 4. The van der Waals surface area contributed by atoms with Crippen LogP contribution in [0.3, 0.4) is 0 Å². The van der Waals surface area contributed by atoms with Gasteiger partial charge in [-0.1, -0.05) is 38.1 Å². The van der Waals surface area contributed by atoms with E-state index in [2.05, 4.69) is 0 Å². The first-order chi connectivity index (χ1) is 17.7. The van der Waals surface area contributed by atoms with Crippen LogP contribution in [-0.2, 0) is 4.74 Å². The average Bonchev–Trinajstić information content (AvgIpc) is 2.74. The molecule has 0 bridgehead atoms. The van der Waals surface area contributed by atoms with E-state index in [1.165, 1.54) is 30.3 Å². The molecule has 2 aromatic carbocycles. The Kier molecular flexibility index (Phi) is 9.77. The molecule has 1 amide bonds. The van der Waals surface area contributed by atoms with Crippen LogP contribution < -0.4 is 0 Å². The van der Waals surface area contributed by atoms with E-state index < -0.39 is 52.4 Å². The van der Waals surface area contributed by atoms with Crippen molar-refractivity contribution in [1.29, 1.82) is 0 Å². The minimum atomic E-state index is -1.83. The summed E-state index contributed by atoms with van der Waals surface area (Å²) in [4.78, 5) is 13.6. The molecule has 1 saturated carbocycles. The maximum absolute atomic E-state index is 13.4. The fourth-order valence-corrected chi connectivity index (χ4v) is 5.89. The molecule has 4 N–H and O–H groups in total. The third-order valence-electron chi connectivity index (χ3n) is 7.11. The number of nitrogens with zero attached hydrogens (tertiary/aromatic N) is 1. The normalized spacial score (nSPS) is 23.7. The molecule has 2 aliphatic rings. The zero-order chi connectivity index (χ0) is 29.6. The lowest BCUT2D eigenvalue weighted by molar-refractivity contribution is -0.278. The Morgan fingerprint density at radius 3 is 1.70 bits per heavy atom. The predicted octanol–water partition coefficient (Wildman–Crippen LogP) is 5.80. The lowest BCUT2D eigenvalue weighted by Gasteiger charge is -2.61. The Hall–Kier alpha value is -2.30. The van der Waals surface area contributed by atoms with Gasteiger partial charge in [-0.15, -0.1) is 12.4 Å². The molecule has 3 atom stereocenters. The summed E-state index contributed by atoms with van der Waals surface area (Å²) in [5.74, 6) is -0.911. The highest BCUT2D eigenvalue weighted by molar-refractivity contribution is 5.85. The van der Waals surface area contributed by atoms with Crippen LogP contribution >= 0.6 is 12.4 Å². The van der Waals surface area contributed by atoms with Crippen LogP contribution in [0, 0.1) is 17.0 Å². The summed E-state index contributed by atoms with van der Waals surface area (Å²) in [5, 5.41) is 41.6. The first-order valence-corrected chi connectivity index (χ1v) is 13.0. The zero-order valence-electron chi connectivity index (χ0n) is 24.1. The third kappa shape index (κ3) is 7.31. The van der Waals surface area contributed by atoms with E-state index in [-0.39, 0.29) is 29.8 Å². The number of carbonyl (C=O) groups excluding carboxylic acids is 1. The number of benzene rings is 2. The van der Waals surface area contributed by atoms with Crippen molar-refractivity contribution in [3.8, 4) is 0 Å². The molecular weight excluding hydrogens is 544 g/mol. The van der Waals surface area contributed by atoms with Gasteiger partial charge in [-0.3, -0.25) is 4.90 Å². The number of amides is 1. The Balaban J connectivity index is 0.000000290. The number of aliphatic hydroxyl groups excluding tert-OH is 2. The monoisotopic (exact) mass is 585 g/mol. The number of rotatable bonds is 4. The van der Waals surface area contributed by atoms with Crippen molar-refractivity contribution < 1.29 is 38.7 Å². The first-order valence-electron chi connectivity index (χ1n) is 13.0. The standard InChI is InChI=1S/C17H24FNO4.C13H17FO2.ClH/c1-15(2,3)23-14(21)19-16(4,5)10-17(19,22)13(20)11-7-6-8-12(18)9-11;1-12(2)7-13(16,8-12)11(15)9-4-3-5-10(14)6-9;/h6-9,13,20,22H,10H2,1-5H3;3-6,11,15-16H,7-8H2,1-2H3;1H/t13-,17+;11-;/m11./s1. The number of aliphatic hydroxyl groups is 4. The van der Waals surface area contributed by atoms with Gasteiger partial charge >= 0.3 is 6.09 Å². The van der Waals surface area contributed by atoms with E-state index in [4.69, 9.17) is 4.74 Å². The minimum absolute atomic E-state index is 0. The van der Waals surface area contributed by atoms with Crippen molar-refractivity contribution >= 4 is 18.5 Å². The van der Waals surface area contributed by atoms with Gasteiger partial charge in [0.25, 0.3) is 0 Å². The molecule has 0 unspecified atom stereocenters. The fourth-order valence-electron chi connectivity index (χ4n) is 5.89. The fraction of sp³-hybridized carbons (Fsp3) is 0.567. The summed E-state index contributed by atoms with van der Waals surface area (Å²) in [6, 6.07) is 11.1. The second-order valence-electron chi connectivity index (χ2n) is 13.2. The molecule has 4 rings (SSSR count). The van der Waals surface area contributed by atoms with Crippen molar-refractivity contribution in [2.75, 3.05) is 0 Å². The largest absolute Gasteiger partial charge is 0.444 e. The van der Waals surface area contributed by atoms with E-state index in [9.17, 15) is 34.0 Å². The molecule has 40 heavy (non-hydrogen) atoms. The summed E-state index contributed by atoms with van der Waals surface area (Å²) in [7, 11) is 0. The van der Waals surface area contributed by atoms with Crippen molar-refractivity contribution in [3.05, 3.63) is 71.3 Å². The van der Waals surface area contributed by atoms with E-state index in [1.54, 1.807) is 46.8 Å². The maximum atomic E-state index is 13.4. The maximum Gasteiger partial charge on any atom is 0.413 e. The SMILES string of the molecule is CC(C)(C)OC(=O)N1C(C)(C)C[C@]1(O)[C@H](O)c1cccc(F)c1.CC1(C)CC(O)([C@H](O)c2cccc(F)c2)C1.Cl. The Morgan fingerprint density at radius 2 is 1.32 bits per heavy atom. The molecule has 2 aromatic rings. The van der Waals surface area contributed by atoms with Gasteiger partial charge in [0.2, 0.25) is 0 Å².